The fourth-order valence-corrected chi connectivity index (χ4v) is 1.56. The van der Waals surface area contributed by atoms with Crippen LogP contribution in [-0.4, -0.2) is 32.7 Å². The number of Topliss-reactive ketones (excluding diaryl/α,β-unsaturated/α-hetero) is 1. The number of rotatable bonds is 4. The lowest BCUT2D eigenvalue weighted by Crippen LogP contribution is -2.52. The van der Waals surface area contributed by atoms with Crippen LogP contribution >= 0.6 is 0 Å². The van der Waals surface area contributed by atoms with E-state index in [1.165, 1.54) is 21.3 Å². The van der Waals surface area contributed by atoms with E-state index >= 15 is 0 Å². The summed E-state index contributed by atoms with van der Waals surface area (Å²) in [4.78, 5) is 11.8. The molecule has 0 aromatic carbocycles. The molecule has 0 saturated heterocycles. The molecular weight excluding hydrogens is 220 g/mol. The number of terminal acetylenes is 1. The lowest BCUT2D eigenvalue weighted by Gasteiger charge is -2.35. The van der Waals surface area contributed by atoms with Crippen LogP contribution in [0.15, 0.2) is 11.5 Å². The third kappa shape index (κ3) is 2.00. The van der Waals surface area contributed by atoms with E-state index in [9.17, 15) is 4.79 Å². The van der Waals surface area contributed by atoms with Crippen LogP contribution in [0.1, 0.15) is 12.8 Å². The van der Waals surface area contributed by atoms with Gasteiger partial charge >= 0.3 is 0 Å². The molecular formula is C13H14O4. The predicted molar refractivity (Wildman–Crippen MR) is 61.6 cm³/mol. The molecule has 0 N–H and O–H groups in total. The number of hydrogen-bond acceptors (Lipinski definition) is 4. The van der Waals surface area contributed by atoms with Crippen molar-refractivity contribution >= 4 is 5.78 Å². The first kappa shape index (κ1) is 13.2. The summed E-state index contributed by atoms with van der Waals surface area (Å²) in [5.74, 6) is 8.16. The van der Waals surface area contributed by atoms with Gasteiger partial charge in [0.2, 0.25) is 5.76 Å². The zero-order chi connectivity index (χ0) is 12.9. The molecule has 0 fully saturated rings. The van der Waals surface area contributed by atoms with Crippen molar-refractivity contribution in [2.45, 2.75) is 18.4 Å². The predicted octanol–water partition coefficient (Wildman–Crippen LogP) is 0.875. The Kier molecular flexibility index (Phi) is 4.20. The quantitative estimate of drug-likeness (QED) is 0.535. The molecule has 0 spiro atoms. The highest BCUT2D eigenvalue weighted by atomic mass is 16.6. The number of methoxy groups -OCH3 is 3. The summed E-state index contributed by atoms with van der Waals surface area (Å²) in [6, 6.07) is 0. The van der Waals surface area contributed by atoms with Gasteiger partial charge in [0.15, 0.2) is 5.76 Å². The van der Waals surface area contributed by atoms with E-state index < -0.39 is 5.60 Å². The van der Waals surface area contributed by atoms with Gasteiger partial charge in [-0.15, -0.1) is 12.3 Å². The Balaban J connectivity index is 2.99. The van der Waals surface area contributed by atoms with E-state index in [0.717, 1.165) is 0 Å². The third-order valence-corrected chi connectivity index (χ3v) is 2.43. The molecule has 1 aliphatic rings. The Morgan fingerprint density at radius 3 is 2.41 bits per heavy atom. The topological polar surface area (TPSA) is 44.8 Å². The SMILES string of the molecule is C#CCCC#CC1(OC)C(=O)C(OC)=C1OC. The molecule has 1 unspecified atom stereocenters. The number of carbonyl (C=O) groups excluding carboxylic acids is 1. The number of hydrogen-bond donors (Lipinski definition) is 0. The average Bonchev–Trinajstić information content (AvgIpc) is 2.35. The Bertz CT molecular complexity index is 444. The van der Waals surface area contributed by atoms with Crippen LogP contribution in [0.25, 0.3) is 0 Å². The first-order chi connectivity index (χ1) is 8.17. The van der Waals surface area contributed by atoms with Gasteiger partial charge in [-0.2, -0.15) is 0 Å². The second kappa shape index (κ2) is 5.43. The van der Waals surface area contributed by atoms with Crippen LogP contribution in [-0.2, 0) is 19.0 Å². The fraction of sp³-hybridized carbons (Fsp3) is 0.462. The molecule has 0 aliphatic heterocycles. The van der Waals surface area contributed by atoms with Crippen LogP contribution in [0.5, 0.6) is 0 Å². The largest absolute Gasteiger partial charge is 0.493 e. The highest BCUT2D eigenvalue weighted by molar-refractivity contribution is 6.12. The van der Waals surface area contributed by atoms with Crippen LogP contribution in [0.3, 0.4) is 0 Å². The fourth-order valence-electron chi connectivity index (χ4n) is 1.56. The minimum Gasteiger partial charge on any atom is -0.493 e. The molecule has 1 aliphatic carbocycles. The Morgan fingerprint density at radius 1 is 1.24 bits per heavy atom. The second-order valence-electron chi connectivity index (χ2n) is 3.29. The summed E-state index contributed by atoms with van der Waals surface area (Å²) >= 11 is 0. The lowest BCUT2D eigenvalue weighted by molar-refractivity contribution is -0.142. The lowest BCUT2D eigenvalue weighted by atomic mass is 9.83. The van der Waals surface area contributed by atoms with E-state index in [1.807, 2.05) is 0 Å². The van der Waals surface area contributed by atoms with Gasteiger partial charge in [0, 0.05) is 20.0 Å². The highest BCUT2D eigenvalue weighted by Crippen LogP contribution is 2.38. The summed E-state index contributed by atoms with van der Waals surface area (Å²) in [6.45, 7) is 0. The van der Waals surface area contributed by atoms with Crippen molar-refractivity contribution in [3.05, 3.63) is 11.5 Å². The monoisotopic (exact) mass is 234 g/mol. The molecule has 0 radical (unpaired) electrons. The van der Waals surface area contributed by atoms with Crippen molar-refractivity contribution in [1.82, 2.24) is 0 Å². The van der Waals surface area contributed by atoms with Crippen molar-refractivity contribution in [1.29, 1.82) is 0 Å². The molecule has 4 heteroatoms. The Labute approximate surface area is 101 Å². The van der Waals surface area contributed by atoms with Gasteiger partial charge in [-0.25, -0.2) is 0 Å². The van der Waals surface area contributed by atoms with Gasteiger partial charge in [0.05, 0.1) is 14.2 Å². The first-order valence-corrected chi connectivity index (χ1v) is 5.04. The smallest absolute Gasteiger partial charge is 0.256 e. The van der Waals surface area contributed by atoms with Gasteiger partial charge in [-0.1, -0.05) is 11.8 Å². The van der Waals surface area contributed by atoms with Gasteiger partial charge in [0.25, 0.3) is 11.4 Å². The molecule has 0 saturated carbocycles. The molecule has 0 heterocycles. The maximum absolute atomic E-state index is 11.8. The van der Waals surface area contributed by atoms with Crippen LogP contribution in [0.4, 0.5) is 0 Å². The van der Waals surface area contributed by atoms with Crippen LogP contribution in [0, 0.1) is 24.2 Å². The molecule has 4 nitrogen and oxygen atoms in total. The van der Waals surface area contributed by atoms with E-state index in [0.29, 0.717) is 18.6 Å². The van der Waals surface area contributed by atoms with Gasteiger partial charge < -0.3 is 14.2 Å². The van der Waals surface area contributed by atoms with Gasteiger partial charge in [-0.3, -0.25) is 4.79 Å². The summed E-state index contributed by atoms with van der Waals surface area (Å²) < 4.78 is 15.2. The molecule has 0 amide bonds. The van der Waals surface area contributed by atoms with E-state index in [-0.39, 0.29) is 11.5 Å². The minimum absolute atomic E-state index is 0.153. The summed E-state index contributed by atoms with van der Waals surface area (Å²) in [5.41, 5.74) is -1.32. The zero-order valence-corrected chi connectivity index (χ0v) is 10.1. The van der Waals surface area contributed by atoms with Crippen molar-refractivity contribution in [2.24, 2.45) is 0 Å². The molecule has 0 aromatic heterocycles. The summed E-state index contributed by atoms with van der Waals surface area (Å²) in [6.07, 6.45) is 6.15. The summed E-state index contributed by atoms with van der Waals surface area (Å²) in [5, 5.41) is 0. The van der Waals surface area contributed by atoms with E-state index in [4.69, 9.17) is 20.6 Å². The van der Waals surface area contributed by atoms with Crippen molar-refractivity contribution in [2.75, 3.05) is 21.3 Å². The van der Waals surface area contributed by atoms with E-state index in [1.54, 1.807) is 0 Å². The summed E-state index contributed by atoms with van der Waals surface area (Å²) in [7, 11) is 4.24. The third-order valence-electron chi connectivity index (χ3n) is 2.43. The molecule has 1 rings (SSSR count). The molecule has 1 atom stereocenters. The highest BCUT2D eigenvalue weighted by Gasteiger charge is 2.57. The number of carbonyl (C=O) groups is 1. The second-order valence-corrected chi connectivity index (χ2v) is 3.29. The Morgan fingerprint density at radius 2 is 1.94 bits per heavy atom. The van der Waals surface area contributed by atoms with Crippen LogP contribution < -0.4 is 0 Å². The zero-order valence-electron chi connectivity index (χ0n) is 10.1. The number of unbranched alkanes of at least 4 members (excludes halogenated alkanes) is 1. The molecule has 17 heavy (non-hydrogen) atoms. The molecule has 0 bridgehead atoms. The first-order valence-electron chi connectivity index (χ1n) is 5.04. The van der Waals surface area contributed by atoms with Crippen LogP contribution in [0.2, 0.25) is 0 Å². The Hall–Kier alpha value is -1.91. The van der Waals surface area contributed by atoms with Gasteiger partial charge in [0.1, 0.15) is 0 Å². The van der Waals surface area contributed by atoms with Gasteiger partial charge in [-0.05, 0) is 0 Å². The number of ether oxygens (including phenoxy) is 3. The normalized spacial score (nSPS) is 22.1. The number of ketones is 1. The van der Waals surface area contributed by atoms with Crippen molar-refractivity contribution < 1.29 is 19.0 Å². The maximum Gasteiger partial charge on any atom is 0.256 e. The maximum atomic E-state index is 11.8. The molecule has 0 aromatic rings. The molecule has 90 valence electrons. The standard InChI is InChI=1S/C13H14O4/c1-5-6-7-8-9-13(17-4)11(14)10(15-2)12(13)16-3/h1H,6-7H2,2-4H3. The minimum atomic E-state index is -1.32. The van der Waals surface area contributed by atoms with Crippen molar-refractivity contribution in [3.63, 3.8) is 0 Å². The van der Waals surface area contributed by atoms with E-state index in [2.05, 4.69) is 17.8 Å². The average molecular weight is 234 g/mol. The van der Waals surface area contributed by atoms with Crippen molar-refractivity contribution in [3.8, 4) is 24.2 Å².